The molecule has 0 spiro atoms. The molecule has 11 heteroatoms. The largest absolute Gasteiger partial charge is 0.493 e. The number of hydrazone groups is 1. The molecule has 0 aliphatic carbocycles. The van der Waals surface area contributed by atoms with E-state index in [4.69, 9.17) is 14.2 Å². The highest BCUT2D eigenvalue weighted by molar-refractivity contribution is 9.10. The Morgan fingerprint density at radius 2 is 1.73 bits per heavy atom. The number of hydrogen-bond donors (Lipinski definition) is 3. The number of methoxy groups -OCH3 is 1. The van der Waals surface area contributed by atoms with Gasteiger partial charge in [0.05, 0.1) is 19.7 Å². The molecule has 0 saturated heterocycles. The zero-order chi connectivity index (χ0) is 28.2. The van der Waals surface area contributed by atoms with Gasteiger partial charge in [-0.3, -0.25) is 4.79 Å². The maximum atomic E-state index is 13.0. The van der Waals surface area contributed by atoms with Crippen LogP contribution in [-0.4, -0.2) is 41.3 Å². The maximum absolute atomic E-state index is 13.0. The molecule has 0 bridgehead atoms. The summed E-state index contributed by atoms with van der Waals surface area (Å²) < 4.78 is 17.4. The normalized spacial score (nSPS) is 11.6. The van der Waals surface area contributed by atoms with Crippen LogP contribution in [0.15, 0.2) is 94.9 Å². The highest BCUT2D eigenvalue weighted by Gasteiger charge is 2.22. The molecule has 4 aromatic rings. The number of carbonyl (C=O) groups is 2. The third kappa shape index (κ3) is 8.43. The van der Waals surface area contributed by atoms with Gasteiger partial charge in [-0.2, -0.15) is 5.10 Å². The van der Waals surface area contributed by atoms with Gasteiger partial charge in [-0.25, -0.2) is 15.2 Å². The number of aromatic amines is 1. The molecule has 206 valence electrons. The summed E-state index contributed by atoms with van der Waals surface area (Å²) in [4.78, 5) is 32.3. The number of imidazole rings is 1. The first kappa shape index (κ1) is 28.4. The number of nitrogens with zero attached hydrogens (tertiary/aromatic N) is 2. The van der Waals surface area contributed by atoms with Gasteiger partial charge in [-0.15, -0.1) is 0 Å². The Labute approximate surface area is 239 Å². The number of nitrogens with one attached hydrogen (secondary N) is 3. The topological polar surface area (TPSA) is 127 Å². The van der Waals surface area contributed by atoms with Crippen LogP contribution < -0.4 is 20.2 Å². The fourth-order valence-corrected chi connectivity index (χ4v) is 4.06. The van der Waals surface area contributed by atoms with Crippen molar-refractivity contribution in [3.63, 3.8) is 0 Å². The van der Waals surface area contributed by atoms with Crippen LogP contribution >= 0.6 is 15.9 Å². The molecule has 40 heavy (non-hydrogen) atoms. The average Bonchev–Trinajstić information content (AvgIpc) is 3.50. The zero-order valence-corrected chi connectivity index (χ0v) is 23.3. The van der Waals surface area contributed by atoms with Crippen LogP contribution in [0.1, 0.15) is 22.4 Å². The van der Waals surface area contributed by atoms with E-state index in [0.717, 1.165) is 11.1 Å². The summed E-state index contributed by atoms with van der Waals surface area (Å²) in [5.41, 5.74) is 5.64. The Morgan fingerprint density at radius 1 is 1.02 bits per heavy atom. The van der Waals surface area contributed by atoms with Crippen LogP contribution in [0.25, 0.3) is 0 Å². The lowest BCUT2D eigenvalue weighted by molar-refractivity contribution is -0.123. The molecule has 2 amide bonds. The van der Waals surface area contributed by atoms with E-state index < -0.39 is 18.0 Å². The number of rotatable bonds is 12. The van der Waals surface area contributed by atoms with Crippen molar-refractivity contribution in [2.45, 2.75) is 25.7 Å². The molecule has 3 N–H and O–H groups in total. The van der Waals surface area contributed by atoms with Crippen molar-refractivity contribution >= 4 is 34.1 Å². The summed E-state index contributed by atoms with van der Waals surface area (Å²) >= 11 is 3.52. The zero-order valence-electron chi connectivity index (χ0n) is 21.7. The highest BCUT2D eigenvalue weighted by Crippen LogP contribution is 2.33. The van der Waals surface area contributed by atoms with Crippen LogP contribution in [0.5, 0.6) is 11.5 Å². The monoisotopic (exact) mass is 605 g/mol. The molecule has 4 rings (SSSR count). The minimum absolute atomic E-state index is 0.0736. The molecule has 0 aliphatic heterocycles. The molecule has 1 heterocycles. The third-order valence-corrected chi connectivity index (χ3v) is 6.39. The number of halogens is 1. The molecule has 0 fully saturated rings. The second-order valence-corrected chi connectivity index (χ2v) is 9.43. The van der Waals surface area contributed by atoms with Crippen molar-refractivity contribution in [2.24, 2.45) is 5.10 Å². The molecule has 1 aromatic heterocycles. The van der Waals surface area contributed by atoms with Gasteiger partial charge in [-0.05, 0) is 39.2 Å². The summed E-state index contributed by atoms with van der Waals surface area (Å²) in [5.74, 6) is 0.525. The van der Waals surface area contributed by atoms with Crippen molar-refractivity contribution < 1.29 is 23.8 Å². The average molecular weight is 606 g/mol. The quantitative estimate of drug-likeness (QED) is 0.158. The molecule has 0 aliphatic rings. The number of aromatic nitrogens is 2. The Balaban J connectivity index is 1.38. The van der Waals surface area contributed by atoms with Crippen LogP contribution in [0.2, 0.25) is 0 Å². The van der Waals surface area contributed by atoms with Gasteiger partial charge in [0.25, 0.3) is 5.91 Å². The van der Waals surface area contributed by atoms with Gasteiger partial charge < -0.3 is 24.5 Å². The van der Waals surface area contributed by atoms with Gasteiger partial charge >= 0.3 is 6.09 Å². The number of amides is 2. The molecular weight excluding hydrogens is 578 g/mol. The summed E-state index contributed by atoms with van der Waals surface area (Å²) in [5, 5.41) is 6.68. The molecule has 0 radical (unpaired) electrons. The number of H-pyrrole nitrogens is 1. The summed E-state index contributed by atoms with van der Waals surface area (Å²) in [6, 6.07) is 21.6. The van der Waals surface area contributed by atoms with E-state index in [0.29, 0.717) is 33.8 Å². The van der Waals surface area contributed by atoms with Crippen LogP contribution in [0, 0.1) is 0 Å². The predicted molar refractivity (Wildman–Crippen MR) is 153 cm³/mol. The lowest BCUT2D eigenvalue weighted by Crippen LogP contribution is -2.47. The lowest BCUT2D eigenvalue weighted by atomic mass is 10.1. The van der Waals surface area contributed by atoms with Crippen molar-refractivity contribution in [1.29, 1.82) is 0 Å². The van der Waals surface area contributed by atoms with E-state index >= 15 is 0 Å². The lowest BCUT2D eigenvalue weighted by Gasteiger charge is -2.16. The van der Waals surface area contributed by atoms with E-state index in [1.807, 2.05) is 60.7 Å². The highest BCUT2D eigenvalue weighted by atomic mass is 79.9. The second kappa shape index (κ2) is 14.5. The van der Waals surface area contributed by atoms with Gasteiger partial charge in [0, 0.05) is 28.3 Å². The Kier molecular flexibility index (Phi) is 10.3. The van der Waals surface area contributed by atoms with Gasteiger partial charge in [-0.1, -0.05) is 60.7 Å². The Hall–Kier alpha value is -4.64. The smallest absolute Gasteiger partial charge is 0.408 e. The maximum Gasteiger partial charge on any atom is 0.408 e. The van der Waals surface area contributed by atoms with Crippen LogP contribution in [0.4, 0.5) is 4.79 Å². The number of hydrogen-bond acceptors (Lipinski definition) is 7. The van der Waals surface area contributed by atoms with E-state index in [1.54, 1.807) is 25.4 Å². The van der Waals surface area contributed by atoms with E-state index in [1.165, 1.54) is 12.5 Å². The second-order valence-electron chi connectivity index (χ2n) is 8.57. The van der Waals surface area contributed by atoms with E-state index in [-0.39, 0.29) is 13.0 Å². The molecule has 3 aromatic carbocycles. The number of alkyl carbamates (subject to hydrolysis) is 1. The summed E-state index contributed by atoms with van der Waals surface area (Å²) in [7, 11) is 1.55. The molecule has 0 unspecified atom stereocenters. The fraction of sp³-hybridized carbons (Fsp3) is 0.172. The predicted octanol–water partition coefficient (Wildman–Crippen LogP) is 4.75. The molecule has 10 nitrogen and oxygen atoms in total. The summed E-state index contributed by atoms with van der Waals surface area (Å²) in [6.45, 7) is 0.454. The fourth-order valence-electron chi connectivity index (χ4n) is 3.63. The SMILES string of the molecule is COc1cc(/C=N\NC(=O)[C@@H](Cc2cnc[nH]2)NC(=O)OCc2ccccc2)c(Br)cc1OCc1ccccc1. The summed E-state index contributed by atoms with van der Waals surface area (Å²) in [6.07, 6.45) is 3.96. The van der Waals surface area contributed by atoms with Crippen molar-refractivity contribution in [3.8, 4) is 11.5 Å². The molecule has 0 saturated carbocycles. The Morgan fingerprint density at radius 3 is 2.38 bits per heavy atom. The van der Waals surface area contributed by atoms with E-state index in [2.05, 4.69) is 41.7 Å². The van der Waals surface area contributed by atoms with Crippen molar-refractivity contribution in [3.05, 3.63) is 112 Å². The van der Waals surface area contributed by atoms with Crippen LogP contribution in [-0.2, 0) is 29.2 Å². The van der Waals surface area contributed by atoms with Gasteiger partial charge in [0.2, 0.25) is 0 Å². The Bertz CT molecular complexity index is 1420. The number of benzene rings is 3. The van der Waals surface area contributed by atoms with Crippen molar-refractivity contribution in [2.75, 3.05) is 7.11 Å². The number of carbonyl (C=O) groups excluding carboxylic acids is 2. The van der Waals surface area contributed by atoms with Crippen molar-refractivity contribution in [1.82, 2.24) is 20.7 Å². The first-order valence-electron chi connectivity index (χ1n) is 12.3. The first-order valence-corrected chi connectivity index (χ1v) is 13.1. The minimum Gasteiger partial charge on any atom is -0.493 e. The molecular formula is C29H28BrN5O5. The standard InChI is InChI=1S/C29H28BrN5O5/c1-38-26-12-22(24(30)14-27(26)39-17-20-8-4-2-5-9-20)15-33-35-28(36)25(13-23-16-31-19-32-23)34-29(37)40-18-21-10-6-3-7-11-21/h2-12,14-16,19,25H,13,17-18H2,1H3,(H,31,32)(H,34,37)(H,35,36)/b33-15-/t25-/m1/s1. The minimum atomic E-state index is -0.965. The van der Waals surface area contributed by atoms with Crippen LogP contribution in [0.3, 0.4) is 0 Å². The van der Waals surface area contributed by atoms with Gasteiger partial charge in [0.15, 0.2) is 11.5 Å². The van der Waals surface area contributed by atoms with E-state index in [9.17, 15) is 9.59 Å². The molecule has 1 atom stereocenters. The van der Waals surface area contributed by atoms with Gasteiger partial charge in [0.1, 0.15) is 19.3 Å². The third-order valence-electron chi connectivity index (χ3n) is 5.70. The first-order chi connectivity index (χ1) is 19.5. The number of ether oxygens (including phenoxy) is 3.